The maximum Gasteiger partial charge on any atom is 0.0324 e. The normalized spacial score (nSPS) is 31.8. The quantitative estimate of drug-likeness (QED) is 0.877. The third kappa shape index (κ3) is 2.18. The summed E-state index contributed by atoms with van der Waals surface area (Å²) < 4.78 is 0. The zero-order valence-electron chi connectivity index (χ0n) is 11.5. The van der Waals surface area contributed by atoms with E-state index >= 15 is 0 Å². The highest BCUT2D eigenvalue weighted by atomic mass is 14.9. The molecule has 1 aromatic heterocycles. The van der Waals surface area contributed by atoms with Crippen LogP contribution in [0.25, 0.3) is 0 Å². The van der Waals surface area contributed by atoms with Crippen LogP contribution >= 0.6 is 0 Å². The Kier molecular flexibility index (Phi) is 3.38. The van der Waals surface area contributed by atoms with Gasteiger partial charge in [-0.2, -0.15) is 0 Å². The summed E-state index contributed by atoms with van der Waals surface area (Å²) >= 11 is 0. The van der Waals surface area contributed by atoms with Crippen LogP contribution in [0.5, 0.6) is 0 Å². The van der Waals surface area contributed by atoms with Gasteiger partial charge >= 0.3 is 0 Å². The first-order chi connectivity index (χ1) is 8.78. The Labute approximate surface area is 110 Å². The predicted molar refractivity (Wildman–Crippen MR) is 74.3 cm³/mol. The molecule has 2 aliphatic rings. The number of pyridine rings is 1. The van der Waals surface area contributed by atoms with Crippen molar-refractivity contribution >= 4 is 0 Å². The molecule has 1 aromatic rings. The Morgan fingerprint density at radius 3 is 2.89 bits per heavy atom. The minimum absolute atomic E-state index is 0.511. The van der Waals surface area contributed by atoms with Crippen LogP contribution in [-0.2, 0) is 0 Å². The van der Waals surface area contributed by atoms with Gasteiger partial charge < -0.3 is 5.32 Å². The number of nitrogens with one attached hydrogen (secondary N) is 1. The molecule has 4 atom stereocenters. The molecule has 0 amide bonds. The number of fused-ring (bicyclic) bond motifs is 2. The second-order valence-corrected chi connectivity index (χ2v) is 6.24. The highest BCUT2D eigenvalue weighted by Crippen LogP contribution is 2.50. The Morgan fingerprint density at radius 1 is 1.39 bits per heavy atom. The van der Waals surface area contributed by atoms with E-state index in [9.17, 15) is 0 Å². The molecular formula is C16H24N2. The predicted octanol–water partition coefficient (Wildman–Crippen LogP) is 3.48. The van der Waals surface area contributed by atoms with Crippen LogP contribution in [0.15, 0.2) is 18.5 Å². The summed E-state index contributed by atoms with van der Waals surface area (Å²) in [6.07, 6.45) is 11.2. The van der Waals surface area contributed by atoms with Crippen molar-refractivity contribution in [1.29, 1.82) is 0 Å². The molecule has 0 aromatic carbocycles. The monoisotopic (exact) mass is 244 g/mol. The molecule has 0 radical (unpaired) electrons. The third-order valence-corrected chi connectivity index (χ3v) is 5.21. The van der Waals surface area contributed by atoms with E-state index in [1.54, 1.807) is 0 Å². The van der Waals surface area contributed by atoms with Crippen LogP contribution < -0.4 is 5.32 Å². The lowest BCUT2D eigenvalue weighted by atomic mass is 9.82. The SMILES string of the molecule is CNC(CC1CC2CCC1C2)c1ccncc1C. The summed E-state index contributed by atoms with van der Waals surface area (Å²) in [5.74, 6) is 3.03. The van der Waals surface area contributed by atoms with E-state index in [4.69, 9.17) is 0 Å². The number of nitrogens with zero attached hydrogens (tertiary/aromatic N) is 1. The summed E-state index contributed by atoms with van der Waals surface area (Å²) in [5.41, 5.74) is 2.76. The molecule has 0 saturated heterocycles. The minimum atomic E-state index is 0.511. The highest BCUT2D eigenvalue weighted by molar-refractivity contribution is 5.25. The van der Waals surface area contributed by atoms with Crippen LogP contribution in [0.3, 0.4) is 0 Å². The van der Waals surface area contributed by atoms with Crippen molar-refractivity contribution in [3.8, 4) is 0 Å². The maximum absolute atomic E-state index is 4.20. The molecule has 2 aliphatic carbocycles. The fraction of sp³-hybridized carbons (Fsp3) is 0.688. The zero-order valence-corrected chi connectivity index (χ0v) is 11.5. The maximum atomic E-state index is 4.20. The van der Waals surface area contributed by atoms with Crippen LogP contribution in [0.4, 0.5) is 0 Å². The van der Waals surface area contributed by atoms with Crippen LogP contribution in [-0.4, -0.2) is 12.0 Å². The first kappa shape index (κ1) is 12.2. The summed E-state index contributed by atoms with van der Waals surface area (Å²) in [7, 11) is 2.09. The molecular weight excluding hydrogens is 220 g/mol. The van der Waals surface area contributed by atoms with E-state index in [0.717, 1.165) is 17.8 Å². The Bertz CT molecular complexity index is 415. The van der Waals surface area contributed by atoms with Gasteiger partial charge in [-0.15, -0.1) is 0 Å². The summed E-state index contributed by atoms with van der Waals surface area (Å²) in [4.78, 5) is 4.20. The Morgan fingerprint density at radius 2 is 2.28 bits per heavy atom. The first-order valence-electron chi connectivity index (χ1n) is 7.35. The number of aryl methyl sites for hydroxylation is 1. The van der Waals surface area contributed by atoms with Gasteiger partial charge in [0.05, 0.1) is 0 Å². The lowest BCUT2D eigenvalue weighted by molar-refractivity contribution is 0.284. The van der Waals surface area contributed by atoms with Gasteiger partial charge in [-0.1, -0.05) is 6.42 Å². The average Bonchev–Trinajstić information content (AvgIpc) is 2.99. The van der Waals surface area contributed by atoms with Crippen LogP contribution in [0.1, 0.15) is 49.3 Å². The van der Waals surface area contributed by atoms with E-state index in [-0.39, 0.29) is 0 Å². The van der Waals surface area contributed by atoms with Crippen molar-refractivity contribution in [1.82, 2.24) is 10.3 Å². The largest absolute Gasteiger partial charge is 0.313 e. The van der Waals surface area contributed by atoms with Gasteiger partial charge in [0.25, 0.3) is 0 Å². The molecule has 2 bridgehead atoms. The van der Waals surface area contributed by atoms with Gasteiger partial charge in [0, 0.05) is 18.4 Å². The first-order valence-corrected chi connectivity index (χ1v) is 7.35. The molecule has 98 valence electrons. The number of hydrogen-bond acceptors (Lipinski definition) is 2. The lowest BCUT2D eigenvalue weighted by Gasteiger charge is -2.27. The zero-order chi connectivity index (χ0) is 12.5. The summed E-state index contributed by atoms with van der Waals surface area (Å²) in [5, 5.41) is 3.52. The molecule has 1 heterocycles. The molecule has 1 N–H and O–H groups in total. The molecule has 3 rings (SSSR count). The summed E-state index contributed by atoms with van der Waals surface area (Å²) in [6.45, 7) is 2.17. The molecule has 0 aliphatic heterocycles. The molecule has 2 fully saturated rings. The van der Waals surface area contributed by atoms with Crippen molar-refractivity contribution < 1.29 is 0 Å². The van der Waals surface area contributed by atoms with Crippen molar-refractivity contribution in [3.05, 3.63) is 29.6 Å². The smallest absolute Gasteiger partial charge is 0.0324 e. The minimum Gasteiger partial charge on any atom is -0.313 e. The highest BCUT2D eigenvalue weighted by Gasteiger charge is 2.40. The lowest BCUT2D eigenvalue weighted by Crippen LogP contribution is -2.23. The van der Waals surface area contributed by atoms with Crippen molar-refractivity contribution in [3.63, 3.8) is 0 Å². The molecule has 0 spiro atoms. The fourth-order valence-electron chi connectivity index (χ4n) is 4.24. The molecule has 2 nitrogen and oxygen atoms in total. The summed E-state index contributed by atoms with van der Waals surface area (Å²) in [6, 6.07) is 2.70. The molecule has 2 saturated carbocycles. The Balaban J connectivity index is 1.72. The van der Waals surface area contributed by atoms with Gasteiger partial charge in [0.1, 0.15) is 0 Å². The van der Waals surface area contributed by atoms with Gasteiger partial charge in [-0.25, -0.2) is 0 Å². The second-order valence-electron chi connectivity index (χ2n) is 6.24. The van der Waals surface area contributed by atoms with Gasteiger partial charge in [-0.3, -0.25) is 4.98 Å². The molecule has 18 heavy (non-hydrogen) atoms. The van der Waals surface area contributed by atoms with Gasteiger partial charge in [0.2, 0.25) is 0 Å². The fourth-order valence-corrected chi connectivity index (χ4v) is 4.24. The molecule has 4 unspecified atom stereocenters. The van der Waals surface area contributed by atoms with Gasteiger partial charge in [-0.05, 0) is 74.6 Å². The van der Waals surface area contributed by atoms with Crippen LogP contribution in [0, 0.1) is 24.7 Å². The topological polar surface area (TPSA) is 24.9 Å². The van der Waals surface area contributed by atoms with Gasteiger partial charge in [0.15, 0.2) is 0 Å². The second kappa shape index (κ2) is 5.00. The standard InChI is InChI=1S/C16H24N2/c1-11-10-18-6-5-15(11)16(17-2)9-14-8-12-3-4-13(14)7-12/h5-6,10,12-14,16-17H,3-4,7-9H2,1-2H3. The number of hydrogen-bond donors (Lipinski definition) is 1. The van der Waals surface area contributed by atoms with E-state index in [2.05, 4.69) is 30.3 Å². The third-order valence-electron chi connectivity index (χ3n) is 5.21. The number of rotatable bonds is 4. The Hall–Kier alpha value is -0.890. The number of aromatic nitrogens is 1. The van der Waals surface area contributed by atoms with E-state index in [1.165, 1.54) is 43.2 Å². The van der Waals surface area contributed by atoms with Crippen molar-refractivity contribution in [2.75, 3.05) is 7.05 Å². The van der Waals surface area contributed by atoms with E-state index in [0.29, 0.717) is 6.04 Å². The van der Waals surface area contributed by atoms with Crippen LogP contribution in [0.2, 0.25) is 0 Å². The van der Waals surface area contributed by atoms with E-state index < -0.39 is 0 Å². The average molecular weight is 244 g/mol. The van der Waals surface area contributed by atoms with Crippen molar-refractivity contribution in [2.45, 2.75) is 45.1 Å². The van der Waals surface area contributed by atoms with Crippen molar-refractivity contribution in [2.24, 2.45) is 17.8 Å². The van der Waals surface area contributed by atoms with E-state index in [1.807, 2.05) is 12.4 Å². The molecule has 2 heteroatoms.